The Hall–Kier alpha value is -1.26. The molecule has 0 radical (unpaired) electrons. The second-order valence-electron chi connectivity index (χ2n) is 4.18. The third-order valence-corrected chi connectivity index (χ3v) is 3.23. The fraction of sp³-hybridized carbons (Fsp3) is 0.417. The predicted octanol–water partition coefficient (Wildman–Crippen LogP) is 1.59. The van der Waals surface area contributed by atoms with Gasteiger partial charge in [0.2, 0.25) is 0 Å². The molecule has 0 spiro atoms. The fourth-order valence-electron chi connectivity index (χ4n) is 2.23. The molecule has 2 rings (SSSR count). The number of fused-ring (bicyclic) bond motifs is 1. The first-order valence-electron chi connectivity index (χ1n) is 5.72. The third kappa shape index (κ3) is 3.11. The Morgan fingerprint density at radius 1 is 1.47 bits per heavy atom. The molecular formula is C12H16ClN3O. The van der Waals surface area contributed by atoms with Crippen molar-refractivity contribution in [1.82, 2.24) is 10.6 Å². The molecule has 5 heteroatoms. The van der Waals surface area contributed by atoms with Gasteiger partial charge in [-0.05, 0) is 36.1 Å². The van der Waals surface area contributed by atoms with Gasteiger partial charge in [0.15, 0.2) is 0 Å². The molecule has 0 fully saturated rings. The Bertz CT molecular complexity index is 422. The summed E-state index contributed by atoms with van der Waals surface area (Å²) in [6.07, 6.45) is 2.13. The Balaban J connectivity index is 1.87. The number of hydrogen-bond donors (Lipinski definition) is 3. The van der Waals surface area contributed by atoms with Gasteiger partial charge in [-0.1, -0.05) is 17.7 Å². The van der Waals surface area contributed by atoms with Crippen LogP contribution in [0.4, 0.5) is 4.79 Å². The number of benzene rings is 1. The lowest BCUT2D eigenvalue weighted by molar-refractivity contribution is 0.249. The number of carbonyl (C=O) groups excluding carboxylic acids is 1. The van der Waals surface area contributed by atoms with Crippen molar-refractivity contribution in [3.05, 3.63) is 34.3 Å². The molecule has 1 aliphatic carbocycles. The second kappa shape index (κ2) is 5.38. The highest BCUT2D eigenvalue weighted by molar-refractivity contribution is 6.30. The van der Waals surface area contributed by atoms with Gasteiger partial charge < -0.3 is 16.4 Å². The number of carbonyl (C=O) groups is 1. The van der Waals surface area contributed by atoms with E-state index in [1.807, 2.05) is 12.1 Å². The van der Waals surface area contributed by atoms with E-state index in [1.54, 1.807) is 0 Å². The second-order valence-corrected chi connectivity index (χ2v) is 4.62. The molecular weight excluding hydrogens is 238 g/mol. The fourth-order valence-corrected chi connectivity index (χ4v) is 2.42. The van der Waals surface area contributed by atoms with Gasteiger partial charge in [-0.2, -0.15) is 0 Å². The molecule has 92 valence electrons. The SMILES string of the molecule is NC(=O)NCCNC1CCc2cc(Cl)ccc21. The number of amides is 2. The summed E-state index contributed by atoms with van der Waals surface area (Å²) >= 11 is 5.95. The van der Waals surface area contributed by atoms with E-state index in [-0.39, 0.29) is 0 Å². The van der Waals surface area contributed by atoms with Crippen molar-refractivity contribution in [3.8, 4) is 0 Å². The van der Waals surface area contributed by atoms with E-state index in [0.29, 0.717) is 12.6 Å². The number of halogens is 1. The molecule has 4 N–H and O–H groups in total. The van der Waals surface area contributed by atoms with Crippen LogP contribution >= 0.6 is 11.6 Å². The van der Waals surface area contributed by atoms with E-state index in [4.69, 9.17) is 17.3 Å². The van der Waals surface area contributed by atoms with Gasteiger partial charge >= 0.3 is 6.03 Å². The van der Waals surface area contributed by atoms with Gasteiger partial charge in [0, 0.05) is 24.2 Å². The van der Waals surface area contributed by atoms with Crippen LogP contribution in [0.1, 0.15) is 23.6 Å². The van der Waals surface area contributed by atoms with Crippen LogP contribution in [0.2, 0.25) is 5.02 Å². The van der Waals surface area contributed by atoms with Crippen molar-refractivity contribution in [2.75, 3.05) is 13.1 Å². The minimum absolute atomic E-state index is 0.358. The van der Waals surface area contributed by atoms with Crippen LogP contribution in [0.5, 0.6) is 0 Å². The van der Waals surface area contributed by atoms with E-state index in [2.05, 4.69) is 16.7 Å². The molecule has 0 aliphatic heterocycles. The molecule has 0 saturated carbocycles. The molecule has 0 heterocycles. The summed E-state index contributed by atoms with van der Waals surface area (Å²) in [4.78, 5) is 10.5. The number of rotatable bonds is 4. The number of aryl methyl sites for hydroxylation is 1. The monoisotopic (exact) mass is 253 g/mol. The van der Waals surface area contributed by atoms with Crippen LogP contribution in [0, 0.1) is 0 Å². The predicted molar refractivity (Wildman–Crippen MR) is 68.1 cm³/mol. The highest BCUT2D eigenvalue weighted by Crippen LogP contribution is 2.32. The van der Waals surface area contributed by atoms with Gasteiger partial charge in [-0.25, -0.2) is 4.79 Å². The van der Waals surface area contributed by atoms with E-state index in [0.717, 1.165) is 24.4 Å². The smallest absolute Gasteiger partial charge is 0.312 e. The average Bonchev–Trinajstić information content (AvgIpc) is 2.66. The van der Waals surface area contributed by atoms with E-state index in [1.165, 1.54) is 11.1 Å². The van der Waals surface area contributed by atoms with E-state index in [9.17, 15) is 4.79 Å². The Kier molecular flexibility index (Phi) is 3.86. The average molecular weight is 254 g/mol. The molecule has 0 aromatic heterocycles. The Morgan fingerprint density at radius 2 is 2.29 bits per heavy atom. The summed E-state index contributed by atoms with van der Waals surface area (Å²) in [6.45, 7) is 1.27. The largest absolute Gasteiger partial charge is 0.352 e. The molecule has 0 saturated heterocycles. The zero-order chi connectivity index (χ0) is 12.3. The van der Waals surface area contributed by atoms with Gasteiger partial charge in [-0.15, -0.1) is 0 Å². The quantitative estimate of drug-likeness (QED) is 0.714. The van der Waals surface area contributed by atoms with E-state index >= 15 is 0 Å². The van der Waals surface area contributed by atoms with Crippen LogP contribution < -0.4 is 16.4 Å². The maximum atomic E-state index is 10.5. The Labute approximate surface area is 106 Å². The van der Waals surface area contributed by atoms with Gasteiger partial charge in [0.25, 0.3) is 0 Å². The molecule has 1 unspecified atom stereocenters. The molecule has 2 amide bonds. The highest BCUT2D eigenvalue weighted by atomic mass is 35.5. The third-order valence-electron chi connectivity index (χ3n) is 3.00. The maximum Gasteiger partial charge on any atom is 0.312 e. The normalized spacial score (nSPS) is 17.8. The molecule has 1 aromatic rings. The summed E-state index contributed by atoms with van der Waals surface area (Å²) in [5.74, 6) is 0. The Morgan fingerprint density at radius 3 is 3.06 bits per heavy atom. The van der Waals surface area contributed by atoms with Crippen molar-refractivity contribution in [1.29, 1.82) is 0 Å². The summed E-state index contributed by atoms with van der Waals surface area (Å²) in [7, 11) is 0. The van der Waals surface area contributed by atoms with Crippen molar-refractivity contribution < 1.29 is 4.79 Å². The summed E-state index contributed by atoms with van der Waals surface area (Å²) in [5, 5.41) is 6.75. The first kappa shape index (κ1) is 12.2. The molecule has 0 bridgehead atoms. The molecule has 4 nitrogen and oxygen atoms in total. The summed E-state index contributed by atoms with van der Waals surface area (Å²) in [6, 6.07) is 5.90. The molecule has 1 atom stereocenters. The summed E-state index contributed by atoms with van der Waals surface area (Å²) in [5.41, 5.74) is 7.62. The zero-order valence-corrected chi connectivity index (χ0v) is 10.3. The van der Waals surface area contributed by atoms with Crippen LogP contribution in [0.15, 0.2) is 18.2 Å². The lowest BCUT2D eigenvalue weighted by Gasteiger charge is -2.14. The van der Waals surface area contributed by atoms with Crippen LogP contribution in [0.3, 0.4) is 0 Å². The van der Waals surface area contributed by atoms with Crippen LogP contribution in [-0.2, 0) is 6.42 Å². The van der Waals surface area contributed by atoms with Crippen molar-refractivity contribution >= 4 is 17.6 Å². The van der Waals surface area contributed by atoms with E-state index < -0.39 is 6.03 Å². The summed E-state index contributed by atoms with van der Waals surface area (Å²) < 4.78 is 0. The maximum absolute atomic E-state index is 10.5. The number of hydrogen-bond acceptors (Lipinski definition) is 2. The topological polar surface area (TPSA) is 67.2 Å². The van der Waals surface area contributed by atoms with Crippen molar-refractivity contribution in [2.45, 2.75) is 18.9 Å². The number of nitrogens with two attached hydrogens (primary N) is 1. The number of primary amides is 1. The first-order valence-corrected chi connectivity index (χ1v) is 6.09. The zero-order valence-electron chi connectivity index (χ0n) is 9.50. The molecule has 17 heavy (non-hydrogen) atoms. The van der Waals surface area contributed by atoms with Gasteiger partial charge in [0.1, 0.15) is 0 Å². The van der Waals surface area contributed by atoms with Gasteiger partial charge in [-0.3, -0.25) is 0 Å². The highest BCUT2D eigenvalue weighted by Gasteiger charge is 2.21. The van der Waals surface area contributed by atoms with Crippen LogP contribution in [0.25, 0.3) is 0 Å². The minimum Gasteiger partial charge on any atom is -0.352 e. The minimum atomic E-state index is -0.481. The van der Waals surface area contributed by atoms with Crippen molar-refractivity contribution in [3.63, 3.8) is 0 Å². The van der Waals surface area contributed by atoms with Crippen LogP contribution in [-0.4, -0.2) is 19.1 Å². The van der Waals surface area contributed by atoms with Gasteiger partial charge in [0.05, 0.1) is 0 Å². The molecule has 1 aromatic carbocycles. The lowest BCUT2D eigenvalue weighted by atomic mass is 10.1. The standard InChI is InChI=1S/C12H16ClN3O/c13-9-2-3-10-8(7-9)1-4-11(10)15-5-6-16-12(14)17/h2-3,7,11,15H,1,4-6H2,(H3,14,16,17). The number of urea groups is 1. The lowest BCUT2D eigenvalue weighted by Crippen LogP contribution is -2.36. The number of nitrogens with one attached hydrogen (secondary N) is 2. The first-order chi connectivity index (χ1) is 8.16. The van der Waals surface area contributed by atoms with Crippen molar-refractivity contribution in [2.24, 2.45) is 5.73 Å². The molecule has 1 aliphatic rings.